The van der Waals surface area contributed by atoms with Gasteiger partial charge in [-0.05, 0) is 31.5 Å². The zero-order valence-electron chi connectivity index (χ0n) is 13.8. The summed E-state index contributed by atoms with van der Waals surface area (Å²) in [7, 11) is 0. The van der Waals surface area contributed by atoms with Gasteiger partial charge in [0.05, 0.1) is 41.3 Å². The van der Waals surface area contributed by atoms with Gasteiger partial charge in [-0.25, -0.2) is 0 Å². The molecule has 1 aliphatic heterocycles. The molecule has 0 saturated heterocycles. The number of aliphatic hydroxyl groups excluding tert-OH is 1. The molecule has 0 unspecified atom stereocenters. The van der Waals surface area contributed by atoms with Crippen LogP contribution in [0.4, 0.5) is 0 Å². The summed E-state index contributed by atoms with van der Waals surface area (Å²) in [5.41, 5.74) is 4.09. The molecule has 0 bridgehead atoms. The number of nitrogens with one attached hydrogen (secondary N) is 1. The van der Waals surface area contributed by atoms with Gasteiger partial charge in [-0.3, -0.25) is 5.10 Å². The van der Waals surface area contributed by atoms with Gasteiger partial charge in [0.25, 0.3) is 0 Å². The Kier molecular flexibility index (Phi) is 4.50. The molecule has 0 spiro atoms. The fourth-order valence-electron chi connectivity index (χ4n) is 3.34. The summed E-state index contributed by atoms with van der Waals surface area (Å²) in [4.78, 5) is 1.82. The van der Waals surface area contributed by atoms with E-state index in [1.165, 1.54) is 0 Å². The number of hydrogen-bond donors (Lipinski definition) is 2. The summed E-state index contributed by atoms with van der Waals surface area (Å²) in [6, 6.07) is 10.1. The van der Waals surface area contributed by atoms with Gasteiger partial charge in [-0.1, -0.05) is 17.7 Å². The number of allylic oxidation sites excluding steroid dienone is 4. The van der Waals surface area contributed by atoms with Crippen molar-refractivity contribution < 1.29 is 5.11 Å². The number of halogens is 1. The Hall–Kier alpha value is -2.80. The Balaban J connectivity index is 2.22. The van der Waals surface area contributed by atoms with Crippen molar-refractivity contribution in [2.45, 2.75) is 19.8 Å². The molecule has 0 aliphatic carbocycles. The van der Waals surface area contributed by atoms with Crippen LogP contribution in [0.1, 0.15) is 25.3 Å². The van der Waals surface area contributed by atoms with Crippen molar-refractivity contribution in [3.8, 4) is 12.1 Å². The van der Waals surface area contributed by atoms with Crippen LogP contribution in [-0.4, -0.2) is 33.4 Å². The quantitative estimate of drug-likeness (QED) is 0.882. The van der Waals surface area contributed by atoms with Crippen LogP contribution < -0.4 is 0 Å². The van der Waals surface area contributed by atoms with E-state index in [9.17, 15) is 15.6 Å². The number of aliphatic hydroxyl groups is 1. The largest absolute Gasteiger partial charge is 0.395 e. The second kappa shape index (κ2) is 6.60. The Morgan fingerprint density at radius 2 is 1.88 bits per heavy atom. The van der Waals surface area contributed by atoms with E-state index >= 15 is 0 Å². The second-order valence-electron chi connectivity index (χ2n) is 5.85. The molecule has 126 valence electrons. The maximum absolute atomic E-state index is 9.73. The van der Waals surface area contributed by atoms with E-state index in [4.69, 9.17) is 11.6 Å². The maximum Gasteiger partial charge on any atom is 0.158 e. The van der Waals surface area contributed by atoms with Crippen LogP contribution in [-0.2, 0) is 0 Å². The van der Waals surface area contributed by atoms with Gasteiger partial charge in [0.15, 0.2) is 5.15 Å². The number of aromatic nitrogens is 2. The molecule has 3 rings (SSSR count). The van der Waals surface area contributed by atoms with Gasteiger partial charge < -0.3 is 10.0 Å². The number of rotatable bonds is 3. The van der Waals surface area contributed by atoms with Gasteiger partial charge in [0.2, 0.25) is 0 Å². The van der Waals surface area contributed by atoms with Crippen molar-refractivity contribution in [2.24, 2.45) is 0 Å². The van der Waals surface area contributed by atoms with Gasteiger partial charge in [-0.15, -0.1) is 0 Å². The summed E-state index contributed by atoms with van der Waals surface area (Å²) in [6.07, 6.45) is 0. The van der Waals surface area contributed by atoms with E-state index in [1.54, 1.807) is 0 Å². The third-order valence-corrected chi connectivity index (χ3v) is 4.89. The first kappa shape index (κ1) is 17.0. The van der Waals surface area contributed by atoms with Crippen LogP contribution in [0.3, 0.4) is 0 Å². The zero-order valence-corrected chi connectivity index (χ0v) is 14.6. The van der Waals surface area contributed by atoms with Crippen LogP contribution in [0.15, 0.2) is 40.7 Å². The monoisotopic (exact) mass is 353 g/mol. The molecule has 2 aromatic rings. The van der Waals surface area contributed by atoms with E-state index in [2.05, 4.69) is 22.3 Å². The van der Waals surface area contributed by atoms with E-state index in [-0.39, 0.29) is 6.61 Å². The maximum atomic E-state index is 9.73. The van der Waals surface area contributed by atoms with E-state index in [0.29, 0.717) is 22.8 Å². The number of H-pyrrole nitrogens is 1. The Morgan fingerprint density at radius 3 is 2.44 bits per heavy atom. The molecule has 6 nitrogen and oxygen atoms in total. The smallest absolute Gasteiger partial charge is 0.158 e. The Labute approximate surface area is 150 Å². The van der Waals surface area contributed by atoms with Gasteiger partial charge in [0.1, 0.15) is 0 Å². The predicted molar refractivity (Wildman–Crippen MR) is 94.3 cm³/mol. The van der Waals surface area contributed by atoms with Gasteiger partial charge in [-0.2, -0.15) is 15.6 Å². The lowest BCUT2D eigenvalue weighted by atomic mass is 9.80. The summed E-state index contributed by atoms with van der Waals surface area (Å²) in [6.45, 7) is 3.95. The van der Waals surface area contributed by atoms with Crippen LogP contribution in [0.25, 0.3) is 10.9 Å². The summed E-state index contributed by atoms with van der Waals surface area (Å²) < 4.78 is 0. The summed E-state index contributed by atoms with van der Waals surface area (Å²) in [5.74, 6) is -0.458. The number of nitrogens with zero attached hydrogens (tertiary/aromatic N) is 4. The van der Waals surface area contributed by atoms with E-state index in [1.807, 2.05) is 36.9 Å². The molecule has 1 aromatic carbocycles. The average molecular weight is 354 g/mol. The molecule has 1 aromatic heterocycles. The minimum absolute atomic E-state index is 0.0622. The number of β-amino-alcohol motifs (C(OH)–C–C–N with tert-alkyl or cyclic N) is 1. The highest BCUT2D eigenvalue weighted by molar-refractivity contribution is 6.34. The number of aromatic amines is 1. The van der Waals surface area contributed by atoms with E-state index in [0.717, 1.165) is 27.9 Å². The fraction of sp³-hybridized carbons (Fsp3) is 0.278. The van der Waals surface area contributed by atoms with Gasteiger partial charge >= 0.3 is 0 Å². The molecule has 0 amide bonds. The molecule has 7 heteroatoms. The SMILES string of the molecule is CC1=C(C#N)C(c2ccc3[nH]nc(Cl)c3c2)C(C#N)=C(C)N1CCO. The van der Waals surface area contributed by atoms with Crippen LogP contribution in [0.5, 0.6) is 0 Å². The van der Waals surface area contributed by atoms with Crippen LogP contribution in [0.2, 0.25) is 5.15 Å². The van der Waals surface area contributed by atoms with Crippen LogP contribution in [0, 0.1) is 22.7 Å². The molecule has 0 saturated carbocycles. The highest BCUT2D eigenvalue weighted by Crippen LogP contribution is 2.41. The lowest BCUT2D eigenvalue weighted by Gasteiger charge is -2.35. The second-order valence-corrected chi connectivity index (χ2v) is 6.21. The Bertz CT molecular complexity index is 951. The zero-order chi connectivity index (χ0) is 18.1. The molecule has 25 heavy (non-hydrogen) atoms. The van der Waals surface area contributed by atoms with Crippen molar-refractivity contribution in [3.05, 3.63) is 51.5 Å². The third kappa shape index (κ3) is 2.66. The van der Waals surface area contributed by atoms with Gasteiger partial charge in [0, 0.05) is 23.3 Å². The molecule has 0 radical (unpaired) electrons. The van der Waals surface area contributed by atoms with Crippen molar-refractivity contribution in [3.63, 3.8) is 0 Å². The lowest BCUT2D eigenvalue weighted by molar-refractivity contribution is 0.246. The minimum Gasteiger partial charge on any atom is -0.395 e. The fourth-order valence-corrected chi connectivity index (χ4v) is 3.54. The molecule has 2 heterocycles. The summed E-state index contributed by atoms with van der Waals surface area (Å²) >= 11 is 6.11. The molecule has 0 fully saturated rings. The molecule has 0 atom stereocenters. The van der Waals surface area contributed by atoms with Crippen molar-refractivity contribution in [2.75, 3.05) is 13.2 Å². The van der Waals surface area contributed by atoms with Crippen molar-refractivity contribution in [1.29, 1.82) is 10.5 Å². The number of nitriles is 2. The van der Waals surface area contributed by atoms with Crippen molar-refractivity contribution >= 4 is 22.5 Å². The number of benzene rings is 1. The summed E-state index contributed by atoms with van der Waals surface area (Å²) in [5, 5.41) is 36.7. The predicted octanol–water partition coefficient (Wildman–Crippen LogP) is 3.20. The van der Waals surface area contributed by atoms with E-state index < -0.39 is 5.92 Å². The standard InChI is InChI=1S/C18H16ClN5O/c1-10-14(8-20)17(15(9-21)11(2)24(10)5-6-25)12-3-4-16-13(7-12)18(19)23-22-16/h3-4,7,17,25H,5-6H2,1-2H3,(H,22,23). The highest BCUT2D eigenvalue weighted by Gasteiger charge is 2.33. The molecular formula is C18H16ClN5O. The van der Waals surface area contributed by atoms with Crippen molar-refractivity contribution in [1.82, 2.24) is 15.1 Å². The number of fused-ring (bicyclic) bond motifs is 1. The first-order valence-corrected chi connectivity index (χ1v) is 8.15. The lowest BCUT2D eigenvalue weighted by Crippen LogP contribution is -2.31. The number of hydrogen-bond acceptors (Lipinski definition) is 5. The minimum atomic E-state index is -0.458. The molecular weight excluding hydrogens is 338 g/mol. The van der Waals surface area contributed by atoms with Crippen LogP contribution >= 0.6 is 11.6 Å². The highest BCUT2D eigenvalue weighted by atomic mass is 35.5. The normalized spacial score (nSPS) is 15.7. The first-order chi connectivity index (χ1) is 12.0. The topological polar surface area (TPSA) is 99.7 Å². The third-order valence-electron chi connectivity index (χ3n) is 4.60. The first-order valence-electron chi connectivity index (χ1n) is 7.77. The average Bonchev–Trinajstić information content (AvgIpc) is 2.99. The molecule has 1 aliphatic rings. The Morgan fingerprint density at radius 1 is 1.24 bits per heavy atom. The molecule has 2 N–H and O–H groups in total.